The van der Waals surface area contributed by atoms with Crippen molar-refractivity contribution in [3.8, 4) is 0 Å². The van der Waals surface area contributed by atoms with Gasteiger partial charge in [-0.25, -0.2) is 9.59 Å². The van der Waals surface area contributed by atoms with Gasteiger partial charge in [-0.2, -0.15) is 0 Å². The minimum Gasteiger partial charge on any atom is -0.465 e. The first kappa shape index (κ1) is 19.9. The largest absolute Gasteiger partial charge is 0.465 e. The zero-order valence-corrected chi connectivity index (χ0v) is 16.8. The minimum absolute atomic E-state index is 0.266. The predicted octanol–water partition coefficient (Wildman–Crippen LogP) is 4.06. The number of hydrogen-bond acceptors (Lipinski definition) is 6. The second kappa shape index (κ2) is 8.29. The molecule has 2 N–H and O–H groups in total. The van der Waals surface area contributed by atoms with Crippen molar-refractivity contribution in [3.63, 3.8) is 0 Å². The van der Waals surface area contributed by atoms with Crippen molar-refractivity contribution in [2.24, 2.45) is 0 Å². The summed E-state index contributed by atoms with van der Waals surface area (Å²) in [4.78, 5) is 24.4. The Bertz CT molecular complexity index is 874. The molecule has 0 spiro atoms. The summed E-state index contributed by atoms with van der Waals surface area (Å²) in [6, 6.07) is 5.88. The van der Waals surface area contributed by atoms with Gasteiger partial charge >= 0.3 is 11.9 Å². The van der Waals surface area contributed by atoms with Gasteiger partial charge in [-0.1, -0.05) is 6.07 Å². The van der Waals surface area contributed by atoms with E-state index < -0.39 is 11.9 Å². The maximum absolute atomic E-state index is 12.1. The molecule has 0 amide bonds. The lowest BCUT2D eigenvalue weighted by atomic mass is 10.1. The molecule has 0 bridgehead atoms. The summed E-state index contributed by atoms with van der Waals surface area (Å²) in [6.07, 6.45) is 0. The summed E-state index contributed by atoms with van der Waals surface area (Å²) in [5, 5.41) is 6.78. The molecule has 1 aromatic heterocycles. The maximum atomic E-state index is 12.1. The molecule has 1 aromatic carbocycles. The highest BCUT2D eigenvalue weighted by Crippen LogP contribution is 2.34. The van der Waals surface area contributed by atoms with E-state index in [4.69, 9.17) is 21.7 Å². The highest BCUT2D eigenvalue weighted by Gasteiger charge is 2.26. The van der Waals surface area contributed by atoms with E-state index in [2.05, 4.69) is 10.6 Å². The number of esters is 2. The highest BCUT2D eigenvalue weighted by molar-refractivity contribution is 7.80. The second-order valence-corrected chi connectivity index (χ2v) is 7.05. The van der Waals surface area contributed by atoms with Crippen LogP contribution in [-0.4, -0.2) is 31.3 Å². The number of thiophene rings is 1. The first-order valence-electron chi connectivity index (χ1n) is 7.73. The van der Waals surface area contributed by atoms with Gasteiger partial charge in [0.25, 0.3) is 0 Å². The molecular formula is C18H20N2O4S2. The number of carbonyl (C=O) groups is 2. The minimum atomic E-state index is -0.551. The molecule has 0 saturated heterocycles. The molecule has 0 aliphatic rings. The molecule has 0 aliphatic carbocycles. The van der Waals surface area contributed by atoms with Crippen molar-refractivity contribution in [3.05, 3.63) is 45.3 Å². The Labute approximate surface area is 161 Å². The van der Waals surface area contributed by atoms with Gasteiger partial charge in [-0.05, 0) is 61.8 Å². The molecule has 2 aromatic rings. The van der Waals surface area contributed by atoms with Crippen LogP contribution < -0.4 is 10.6 Å². The van der Waals surface area contributed by atoms with Crippen molar-refractivity contribution in [1.82, 2.24) is 0 Å². The van der Waals surface area contributed by atoms with Gasteiger partial charge in [-0.3, -0.25) is 0 Å². The molecule has 0 atom stereocenters. The van der Waals surface area contributed by atoms with Gasteiger partial charge < -0.3 is 20.1 Å². The Kier molecular flexibility index (Phi) is 6.33. The lowest BCUT2D eigenvalue weighted by Gasteiger charge is -2.12. The van der Waals surface area contributed by atoms with Crippen molar-refractivity contribution in [2.45, 2.75) is 20.8 Å². The van der Waals surface area contributed by atoms with Gasteiger partial charge in [-0.15, -0.1) is 11.3 Å². The van der Waals surface area contributed by atoms with Gasteiger partial charge in [0, 0.05) is 5.69 Å². The third-order valence-corrected chi connectivity index (χ3v) is 5.29. The van der Waals surface area contributed by atoms with Gasteiger partial charge in [0.05, 0.1) is 19.8 Å². The molecule has 8 heteroatoms. The Morgan fingerprint density at radius 3 is 2.23 bits per heavy atom. The average Bonchev–Trinajstić information content (AvgIpc) is 2.92. The molecule has 0 saturated carbocycles. The molecule has 0 fully saturated rings. The van der Waals surface area contributed by atoms with Crippen LogP contribution in [0.25, 0.3) is 0 Å². The van der Waals surface area contributed by atoms with E-state index in [0.29, 0.717) is 20.6 Å². The van der Waals surface area contributed by atoms with Crippen LogP contribution in [0.3, 0.4) is 0 Å². The van der Waals surface area contributed by atoms with Crippen molar-refractivity contribution >= 4 is 51.3 Å². The summed E-state index contributed by atoms with van der Waals surface area (Å²) in [5.74, 6) is -1.07. The number of methoxy groups -OCH3 is 2. The summed E-state index contributed by atoms with van der Waals surface area (Å²) in [6.45, 7) is 5.71. The van der Waals surface area contributed by atoms with E-state index >= 15 is 0 Å². The van der Waals surface area contributed by atoms with Crippen LogP contribution in [-0.2, 0) is 9.47 Å². The van der Waals surface area contributed by atoms with Crippen molar-refractivity contribution in [1.29, 1.82) is 0 Å². The van der Waals surface area contributed by atoms with Crippen LogP contribution >= 0.6 is 23.6 Å². The van der Waals surface area contributed by atoms with E-state index in [9.17, 15) is 9.59 Å². The number of carbonyl (C=O) groups excluding carboxylic acids is 2. The standard InChI is InChI=1S/C18H20N2O4S2/c1-9-6-7-12(8-10(9)2)19-18(25)20-15-13(16(21)23-4)11(3)14(26-15)17(22)24-5/h6-8H,1-5H3,(H2,19,20,25). The molecule has 2 rings (SSSR count). The number of nitrogens with one attached hydrogen (secondary N) is 2. The fourth-order valence-corrected chi connectivity index (χ4v) is 3.72. The van der Waals surface area contributed by atoms with E-state index in [1.165, 1.54) is 19.8 Å². The molecule has 1 heterocycles. The van der Waals surface area contributed by atoms with E-state index in [0.717, 1.165) is 22.6 Å². The second-order valence-electron chi connectivity index (χ2n) is 5.62. The average molecular weight is 393 g/mol. The summed E-state index contributed by atoms with van der Waals surface area (Å²) < 4.78 is 9.59. The lowest BCUT2D eigenvalue weighted by Crippen LogP contribution is -2.20. The molecule has 0 unspecified atom stereocenters. The van der Waals surface area contributed by atoms with Crippen LogP contribution in [0.5, 0.6) is 0 Å². The SMILES string of the molecule is COC(=O)c1sc(NC(=S)Nc2ccc(C)c(C)c2)c(C(=O)OC)c1C. The van der Waals surface area contributed by atoms with E-state index in [1.807, 2.05) is 32.0 Å². The van der Waals surface area contributed by atoms with Crippen molar-refractivity contribution < 1.29 is 19.1 Å². The molecule has 0 aliphatic heterocycles. The molecule has 0 radical (unpaired) electrons. The van der Waals surface area contributed by atoms with E-state index in [1.54, 1.807) is 6.92 Å². The number of rotatable bonds is 4. The van der Waals surface area contributed by atoms with Crippen LogP contribution in [0.2, 0.25) is 0 Å². The Hall–Kier alpha value is -2.45. The zero-order valence-electron chi connectivity index (χ0n) is 15.2. The van der Waals surface area contributed by atoms with Crippen LogP contribution in [0, 0.1) is 20.8 Å². The number of thiocarbonyl (C=S) groups is 1. The summed E-state index contributed by atoms with van der Waals surface area (Å²) in [5.41, 5.74) is 3.89. The van der Waals surface area contributed by atoms with Crippen LogP contribution in [0.4, 0.5) is 10.7 Å². The van der Waals surface area contributed by atoms with Gasteiger partial charge in [0.2, 0.25) is 0 Å². The lowest BCUT2D eigenvalue weighted by molar-refractivity contribution is 0.0601. The summed E-state index contributed by atoms with van der Waals surface area (Å²) in [7, 11) is 2.57. The molecule has 138 valence electrons. The predicted molar refractivity (Wildman–Crippen MR) is 107 cm³/mol. The van der Waals surface area contributed by atoms with Crippen LogP contribution in [0.1, 0.15) is 36.7 Å². The normalized spacial score (nSPS) is 10.2. The highest BCUT2D eigenvalue weighted by atomic mass is 32.1. The summed E-state index contributed by atoms with van der Waals surface area (Å²) >= 11 is 6.43. The van der Waals surface area contributed by atoms with Crippen LogP contribution in [0.15, 0.2) is 18.2 Å². The third kappa shape index (κ3) is 4.20. The molecular weight excluding hydrogens is 372 g/mol. The topological polar surface area (TPSA) is 76.7 Å². The molecule has 6 nitrogen and oxygen atoms in total. The number of aryl methyl sites for hydroxylation is 2. The quantitative estimate of drug-likeness (QED) is 0.600. The Balaban J connectivity index is 2.29. The fraction of sp³-hybridized carbons (Fsp3) is 0.278. The first-order valence-corrected chi connectivity index (χ1v) is 8.96. The number of ether oxygens (including phenoxy) is 2. The zero-order chi connectivity index (χ0) is 19.4. The fourth-order valence-electron chi connectivity index (χ4n) is 2.32. The third-order valence-electron chi connectivity index (χ3n) is 3.90. The number of hydrogen-bond donors (Lipinski definition) is 2. The molecule has 26 heavy (non-hydrogen) atoms. The van der Waals surface area contributed by atoms with Gasteiger partial charge in [0.1, 0.15) is 9.88 Å². The Morgan fingerprint density at radius 1 is 1.00 bits per heavy atom. The van der Waals surface area contributed by atoms with E-state index in [-0.39, 0.29) is 5.56 Å². The monoisotopic (exact) mass is 392 g/mol. The maximum Gasteiger partial charge on any atom is 0.348 e. The van der Waals surface area contributed by atoms with Gasteiger partial charge in [0.15, 0.2) is 5.11 Å². The Morgan fingerprint density at radius 2 is 1.65 bits per heavy atom. The first-order chi connectivity index (χ1) is 12.3. The number of anilines is 2. The van der Waals surface area contributed by atoms with Crippen molar-refractivity contribution in [2.75, 3.05) is 24.9 Å². The number of benzene rings is 1. The smallest absolute Gasteiger partial charge is 0.348 e.